The highest BCUT2D eigenvalue weighted by Crippen LogP contribution is 2.29. The predicted octanol–water partition coefficient (Wildman–Crippen LogP) is 3.02. The van der Waals surface area contributed by atoms with E-state index in [1.807, 2.05) is 6.07 Å². The second kappa shape index (κ2) is 7.23. The zero-order valence-corrected chi connectivity index (χ0v) is 13.0. The van der Waals surface area contributed by atoms with Crippen LogP contribution in [0.4, 0.5) is 0 Å². The standard InChI is InChI=1S/C16H25NO2S/c1-2-12-17-16-10-6-7-14(16)11-13-20(18,19)15-8-4-3-5-9-15/h3-5,8-9,14,16-17H,2,6-7,10-13H2,1H3. The van der Waals surface area contributed by atoms with Gasteiger partial charge in [-0.05, 0) is 50.3 Å². The second-order valence-corrected chi connectivity index (χ2v) is 7.78. The third-order valence-corrected chi connectivity index (χ3v) is 5.94. The van der Waals surface area contributed by atoms with Gasteiger partial charge in [0.05, 0.1) is 10.6 Å². The molecule has 0 amide bonds. The number of sulfone groups is 1. The first kappa shape index (κ1) is 15.5. The summed E-state index contributed by atoms with van der Waals surface area (Å²) in [5.41, 5.74) is 0. The van der Waals surface area contributed by atoms with Gasteiger partial charge in [-0.25, -0.2) is 8.42 Å². The maximum Gasteiger partial charge on any atom is 0.178 e. The Morgan fingerprint density at radius 1 is 1.20 bits per heavy atom. The van der Waals surface area contributed by atoms with Crippen LogP contribution in [0.5, 0.6) is 0 Å². The minimum Gasteiger partial charge on any atom is -0.314 e. The molecule has 1 fully saturated rings. The Hall–Kier alpha value is -0.870. The van der Waals surface area contributed by atoms with Gasteiger partial charge in [0.25, 0.3) is 0 Å². The van der Waals surface area contributed by atoms with Crippen LogP contribution < -0.4 is 5.32 Å². The molecule has 0 bridgehead atoms. The molecule has 0 aliphatic heterocycles. The Balaban J connectivity index is 1.91. The van der Waals surface area contributed by atoms with Crippen LogP contribution in [0.2, 0.25) is 0 Å². The van der Waals surface area contributed by atoms with Crippen molar-refractivity contribution in [2.24, 2.45) is 5.92 Å². The summed E-state index contributed by atoms with van der Waals surface area (Å²) in [6.45, 7) is 3.20. The molecule has 2 rings (SSSR count). The molecule has 1 aromatic carbocycles. The van der Waals surface area contributed by atoms with E-state index in [9.17, 15) is 8.42 Å². The molecule has 0 radical (unpaired) electrons. The summed E-state index contributed by atoms with van der Waals surface area (Å²) in [6, 6.07) is 9.32. The zero-order valence-electron chi connectivity index (χ0n) is 12.2. The lowest BCUT2D eigenvalue weighted by molar-refractivity contribution is 0.391. The van der Waals surface area contributed by atoms with Crippen molar-refractivity contribution in [3.63, 3.8) is 0 Å². The summed E-state index contributed by atoms with van der Waals surface area (Å²) in [4.78, 5) is 0.455. The van der Waals surface area contributed by atoms with Crippen molar-refractivity contribution in [3.8, 4) is 0 Å². The SMILES string of the molecule is CCCNC1CCCC1CCS(=O)(=O)c1ccccc1. The van der Waals surface area contributed by atoms with Gasteiger partial charge in [0.2, 0.25) is 0 Å². The first-order valence-electron chi connectivity index (χ1n) is 7.64. The highest BCUT2D eigenvalue weighted by Gasteiger charge is 2.28. The van der Waals surface area contributed by atoms with Crippen LogP contribution in [0.25, 0.3) is 0 Å². The summed E-state index contributed by atoms with van der Waals surface area (Å²) in [5, 5.41) is 3.56. The van der Waals surface area contributed by atoms with Gasteiger partial charge in [0.1, 0.15) is 0 Å². The maximum absolute atomic E-state index is 12.3. The van der Waals surface area contributed by atoms with E-state index in [0.717, 1.165) is 25.8 Å². The summed E-state index contributed by atoms with van der Waals surface area (Å²) in [6.07, 6.45) is 5.48. The molecule has 1 N–H and O–H groups in total. The van der Waals surface area contributed by atoms with Gasteiger partial charge in [-0.2, -0.15) is 0 Å². The van der Waals surface area contributed by atoms with Gasteiger partial charge < -0.3 is 5.32 Å². The third-order valence-electron chi connectivity index (χ3n) is 4.18. The molecule has 0 heterocycles. The molecular formula is C16H25NO2S. The van der Waals surface area contributed by atoms with Crippen molar-refractivity contribution < 1.29 is 8.42 Å². The van der Waals surface area contributed by atoms with Crippen molar-refractivity contribution in [2.45, 2.75) is 50.0 Å². The van der Waals surface area contributed by atoms with Crippen molar-refractivity contribution in [1.29, 1.82) is 0 Å². The van der Waals surface area contributed by atoms with E-state index >= 15 is 0 Å². The normalized spacial score (nSPS) is 23.1. The molecule has 0 saturated heterocycles. The maximum atomic E-state index is 12.3. The third kappa shape index (κ3) is 4.06. The highest BCUT2D eigenvalue weighted by atomic mass is 32.2. The molecule has 0 aromatic heterocycles. The van der Waals surface area contributed by atoms with Crippen LogP contribution in [0.3, 0.4) is 0 Å². The Kier molecular flexibility index (Phi) is 5.61. The van der Waals surface area contributed by atoms with E-state index in [0.29, 0.717) is 16.9 Å². The van der Waals surface area contributed by atoms with Crippen molar-refractivity contribution >= 4 is 9.84 Å². The van der Waals surface area contributed by atoms with E-state index in [1.165, 1.54) is 12.8 Å². The van der Waals surface area contributed by atoms with E-state index < -0.39 is 9.84 Å². The van der Waals surface area contributed by atoms with Gasteiger partial charge in [0.15, 0.2) is 9.84 Å². The first-order valence-corrected chi connectivity index (χ1v) is 9.30. The number of benzene rings is 1. The lowest BCUT2D eigenvalue weighted by Crippen LogP contribution is -2.33. The smallest absolute Gasteiger partial charge is 0.178 e. The van der Waals surface area contributed by atoms with Crippen LogP contribution in [0.1, 0.15) is 39.0 Å². The van der Waals surface area contributed by atoms with Crippen LogP contribution in [0.15, 0.2) is 35.2 Å². The molecule has 1 saturated carbocycles. The minimum absolute atomic E-state index is 0.270. The Labute approximate surface area is 122 Å². The largest absolute Gasteiger partial charge is 0.314 e. The zero-order chi connectivity index (χ0) is 14.4. The van der Waals surface area contributed by atoms with Crippen LogP contribution in [-0.4, -0.2) is 26.8 Å². The van der Waals surface area contributed by atoms with Gasteiger partial charge in [-0.3, -0.25) is 0 Å². The fourth-order valence-electron chi connectivity index (χ4n) is 3.03. The first-order chi connectivity index (χ1) is 9.63. The summed E-state index contributed by atoms with van der Waals surface area (Å²) in [7, 11) is -3.12. The number of hydrogen-bond acceptors (Lipinski definition) is 3. The predicted molar refractivity (Wildman–Crippen MR) is 82.5 cm³/mol. The molecule has 4 heteroatoms. The van der Waals surface area contributed by atoms with E-state index in [-0.39, 0.29) is 5.75 Å². The van der Waals surface area contributed by atoms with Gasteiger partial charge >= 0.3 is 0 Å². The van der Waals surface area contributed by atoms with Crippen LogP contribution >= 0.6 is 0 Å². The highest BCUT2D eigenvalue weighted by molar-refractivity contribution is 7.91. The molecule has 112 valence electrons. The molecule has 1 aliphatic rings. The van der Waals surface area contributed by atoms with Gasteiger partial charge in [0, 0.05) is 6.04 Å². The monoisotopic (exact) mass is 295 g/mol. The lowest BCUT2D eigenvalue weighted by Gasteiger charge is -2.20. The van der Waals surface area contributed by atoms with Crippen molar-refractivity contribution in [1.82, 2.24) is 5.32 Å². The Morgan fingerprint density at radius 3 is 2.65 bits per heavy atom. The van der Waals surface area contributed by atoms with E-state index in [2.05, 4.69) is 12.2 Å². The molecule has 0 spiro atoms. The molecule has 2 unspecified atom stereocenters. The fourth-order valence-corrected chi connectivity index (χ4v) is 4.45. The number of nitrogens with one attached hydrogen (secondary N) is 1. The Bertz CT molecular complexity index is 498. The molecule has 1 aliphatic carbocycles. The fraction of sp³-hybridized carbons (Fsp3) is 0.625. The van der Waals surface area contributed by atoms with Crippen molar-refractivity contribution in [2.75, 3.05) is 12.3 Å². The number of hydrogen-bond donors (Lipinski definition) is 1. The van der Waals surface area contributed by atoms with Crippen LogP contribution in [-0.2, 0) is 9.84 Å². The second-order valence-electron chi connectivity index (χ2n) is 5.67. The molecular weight excluding hydrogens is 270 g/mol. The Morgan fingerprint density at radius 2 is 1.95 bits per heavy atom. The summed E-state index contributed by atoms with van der Waals surface area (Å²) in [5.74, 6) is 0.784. The van der Waals surface area contributed by atoms with E-state index in [4.69, 9.17) is 0 Å². The number of rotatable bonds is 7. The quantitative estimate of drug-likeness (QED) is 0.841. The van der Waals surface area contributed by atoms with Crippen LogP contribution in [0, 0.1) is 5.92 Å². The van der Waals surface area contributed by atoms with Gasteiger partial charge in [-0.1, -0.05) is 31.5 Å². The molecule has 3 nitrogen and oxygen atoms in total. The summed E-state index contributed by atoms with van der Waals surface area (Å²) >= 11 is 0. The van der Waals surface area contributed by atoms with E-state index in [1.54, 1.807) is 24.3 Å². The average molecular weight is 295 g/mol. The molecule has 20 heavy (non-hydrogen) atoms. The minimum atomic E-state index is -3.12. The van der Waals surface area contributed by atoms with Gasteiger partial charge in [-0.15, -0.1) is 0 Å². The molecule has 2 atom stereocenters. The topological polar surface area (TPSA) is 46.2 Å². The molecule has 1 aromatic rings. The van der Waals surface area contributed by atoms with Crippen molar-refractivity contribution in [3.05, 3.63) is 30.3 Å². The summed E-state index contributed by atoms with van der Waals surface area (Å²) < 4.78 is 24.6. The average Bonchev–Trinajstić information content (AvgIpc) is 2.91. The lowest BCUT2D eigenvalue weighted by atomic mass is 10.0.